The highest BCUT2D eigenvalue weighted by Crippen LogP contribution is 2.02. The Hall–Kier alpha value is -0.930. The van der Waals surface area contributed by atoms with Crippen molar-refractivity contribution in [1.29, 1.82) is 0 Å². The number of ether oxygens (including phenoxy) is 1. The summed E-state index contributed by atoms with van der Waals surface area (Å²) < 4.78 is 5.14. The molecular weight excluding hydrogens is 176 g/mol. The summed E-state index contributed by atoms with van der Waals surface area (Å²) in [5, 5.41) is 3.31. The first kappa shape index (κ1) is 11.1. The molecule has 1 unspecified atom stereocenters. The van der Waals surface area contributed by atoms with Gasteiger partial charge in [-0.1, -0.05) is 6.07 Å². The summed E-state index contributed by atoms with van der Waals surface area (Å²) >= 11 is 0. The molecule has 0 fully saturated rings. The lowest BCUT2D eigenvalue weighted by atomic mass is 10.2. The van der Waals surface area contributed by atoms with Gasteiger partial charge in [-0.15, -0.1) is 0 Å². The standard InChI is InChI=1S/C11H18N2O/c1-9-5-4-6-13-11(9)8-12-7-10(2)14-3/h4-6,10,12H,7-8H2,1-3H3. The molecule has 1 atom stereocenters. The van der Waals surface area contributed by atoms with E-state index in [0.29, 0.717) is 0 Å². The van der Waals surface area contributed by atoms with Gasteiger partial charge in [0.2, 0.25) is 0 Å². The molecule has 3 nitrogen and oxygen atoms in total. The second-order valence-corrected chi connectivity index (χ2v) is 3.44. The van der Waals surface area contributed by atoms with Gasteiger partial charge in [-0.25, -0.2) is 0 Å². The number of pyridine rings is 1. The van der Waals surface area contributed by atoms with E-state index in [2.05, 4.69) is 23.3 Å². The Balaban J connectivity index is 2.35. The van der Waals surface area contributed by atoms with E-state index in [-0.39, 0.29) is 6.10 Å². The normalized spacial score (nSPS) is 12.8. The molecule has 3 heteroatoms. The Bertz CT molecular complexity index is 276. The van der Waals surface area contributed by atoms with Crippen molar-refractivity contribution in [3.8, 4) is 0 Å². The predicted molar refractivity (Wildman–Crippen MR) is 57.2 cm³/mol. The second kappa shape index (κ2) is 5.73. The summed E-state index contributed by atoms with van der Waals surface area (Å²) in [5.74, 6) is 0. The minimum atomic E-state index is 0.249. The SMILES string of the molecule is COC(C)CNCc1ncccc1C. The maximum atomic E-state index is 5.14. The minimum Gasteiger partial charge on any atom is -0.380 e. The van der Waals surface area contributed by atoms with Crippen LogP contribution in [0.1, 0.15) is 18.2 Å². The predicted octanol–water partition coefficient (Wildman–Crippen LogP) is 1.51. The molecule has 1 aromatic rings. The second-order valence-electron chi connectivity index (χ2n) is 3.44. The number of rotatable bonds is 5. The maximum Gasteiger partial charge on any atom is 0.0667 e. The molecule has 0 aliphatic rings. The largest absolute Gasteiger partial charge is 0.380 e. The van der Waals surface area contributed by atoms with Gasteiger partial charge >= 0.3 is 0 Å². The van der Waals surface area contributed by atoms with Crippen LogP contribution in [0.2, 0.25) is 0 Å². The highest BCUT2D eigenvalue weighted by molar-refractivity contribution is 5.17. The summed E-state index contributed by atoms with van der Waals surface area (Å²) in [4.78, 5) is 4.30. The zero-order valence-electron chi connectivity index (χ0n) is 9.08. The summed E-state index contributed by atoms with van der Waals surface area (Å²) in [6.45, 7) is 5.77. The monoisotopic (exact) mass is 194 g/mol. The zero-order chi connectivity index (χ0) is 10.4. The fourth-order valence-corrected chi connectivity index (χ4v) is 1.18. The lowest BCUT2D eigenvalue weighted by Crippen LogP contribution is -2.26. The minimum absolute atomic E-state index is 0.249. The number of methoxy groups -OCH3 is 1. The molecule has 14 heavy (non-hydrogen) atoms. The topological polar surface area (TPSA) is 34.1 Å². The van der Waals surface area contributed by atoms with Crippen LogP contribution in [0.15, 0.2) is 18.3 Å². The molecule has 0 aliphatic heterocycles. The van der Waals surface area contributed by atoms with Crippen LogP contribution in [0.4, 0.5) is 0 Å². The van der Waals surface area contributed by atoms with E-state index in [4.69, 9.17) is 4.74 Å². The Labute approximate surface area is 85.5 Å². The van der Waals surface area contributed by atoms with E-state index < -0.39 is 0 Å². The van der Waals surface area contributed by atoms with Crippen LogP contribution in [0.3, 0.4) is 0 Å². The van der Waals surface area contributed by atoms with Gasteiger partial charge in [-0.2, -0.15) is 0 Å². The number of aromatic nitrogens is 1. The molecule has 0 bridgehead atoms. The van der Waals surface area contributed by atoms with Crippen molar-refractivity contribution in [3.05, 3.63) is 29.6 Å². The summed E-state index contributed by atoms with van der Waals surface area (Å²) in [7, 11) is 1.72. The molecule has 0 saturated carbocycles. The van der Waals surface area contributed by atoms with Crippen molar-refractivity contribution >= 4 is 0 Å². The van der Waals surface area contributed by atoms with Gasteiger partial charge in [0.15, 0.2) is 0 Å². The number of hydrogen-bond donors (Lipinski definition) is 1. The highest BCUT2D eigenvalue weighted by atomic mass is 16.5. The Morgan fingerprint density at radius 2 is 2.36 bits per heavy atom. The number of nitrogens with zero attached hydrogens (tertiary/aromatic N) is 1. The number of aryl methyl sites for hydroxylation is 1. The molecule has 0 aromatic carbocycles. The molecule has 1 N–H and O–H groups in total. The van der Waals surface area contributed by atoms with Crippen molar-refractivity contribution in [3.63, 3.8) is 0 Å². The molecular formula is C11H18N2O. The number of hydrogen-bond acceptors (Lipinski definition) is 3. The van der Waals surface area contributed by atoms with E-state index in [1.54, 1.807) is 7.11 Å². The summed E-state index contributed by atoms with van der Waals surface area (Å²) in [6.07, 6.45) is 2.07. The third kappa shape index (κ3) is 3.44. The van der Waals surface area contributed by atoms with Crippen LogP contribution < -0.4 is 5.32 Å². The van der Waals surface area contributed by atoms with Gasteiger partial charge in [0.1, 0.15) is 0 Å². The third-order valence-electron chi connectivity index (χ3n) is 2.24. The van der Waals surface area contributed by atoms with Crippen LogP contribution >= 0.6 is 0 Å². The maximum absolute atomic E-state index is 5.14. The molecule has 1 rings (SSSR count). The molecule has 0 amide bonds. The van der Waals surface area contributed by atoms with Gasteiger partial charge < -0.3 is 10.1 Å². The Morgan fingerprint density at radius 3 is 3.00 bits per heavy atom. The lowest BCUT2D eigenvalue weighted by molar-refractivity contribution is 0.117. The molecule has 0 spiro atoms. The molecule has 0 radical (unpaired) electrons. The average Bonchev–Trinajstić information content (AvgIpc) is 2.20. The Morgan fingerprint density at radius 1 is 1.57 bits per heavy atom. The fraction of sp³-hybridized carbons (Fsp3) is 0.545. The first-order valence-electron chi connectivity index (χ1n) is 4.88. The highest BCUT2D eigenvalue weighted by Gasteiger charge is 2.00. The van der Waals surface area contributed by atoms with Gasteiger partial charge in [-0.05, 0) is 25.5 Å². The van der Waals surface area contributed by atoms with Crippen molar-refractivity contribution in [2.24, 2.45) is 0 Å². The van der Waals surface area contributed by atoms with E-state index >= 15 is 0 Å². The van der Waals surface area contributed by atoms with E-state index in [9.17, 15) is 0 Å². The van der Waals surface area contributed by atoms with Crippen LogP contribution in [-0.2, 0) is 11.3 Å². The van der Waals surface area contributed by atoms with Crippen molar-refractivity contribution in [2.75, 3.05) is 13.7 Å². The molecule has 1 aromatic heterocycles. The summed E-state index contributed by atoms with van der Waals surface area (Å²) in [6, 6.07) is 4.03. The third-order valence-corrected chi connectivity index (χ3v) is 2.24. The lowest BCUT2D eigenvalue weighted by Gasteiger charge is -2.11. The van der Waals surface area contributed by atoms with E-state index in [1.165, 1.54) is 5.56 Å². The number of nitrogens with one attached hydrogen (secondary N) is 1. The van der Waals surface area contributed by atoms with Crippen molar-refractivity contribution in [2.45, 2.75) is 26.5 Å². The first-order valence-corrected chi connectivity index (χ1v) is 4.88. The smallest absolute Gasteiger partial charge is 0.0667 e. The fourth-order valence-electron chi connectivity index (χ4n) is 1.18. The van der Waals surface area contributed by atoms with Crippen molar-refractivity contribution < 1.29 is 4.74 Å². The van der Waals surface area contributed by atoms with Gasteiger partial charge in [0.25, 0.3) is 0 Å². The average molecular weight is 194 g/mol. The van der Waals surface area contributed by atoms with E-state index in [1.807, 2.05) is 19.2 Å². The quantitative estimate of drug-likeness (QED) is 0.771. The van der Waals surface area contributed by atoms with Crippen LogP contribution in [-0.4, -0.2) is 24.7 Å². The van der Waals surface area contributed by atoms with Gasteiger partial charge in [0.05, 0.1) is 11.8 Å². The molecule has 0 saturated heterocycles. The van der Waals surface area contributed by atoms with Crippen LogP contribution in [0, 0.1) is 6.92 Å². The van der Waals surface area contributed by atoms with Crippen molar-refractivity contribution in [1.82, 2.24) is 10.3 Å². The summed E-state index contributed by atoms with van der Waals surface area (Å²) in [5.41, 5.74) is 2.33. The van der Waals surface area contributed by atoms with Crippen LogP contribution in [0.25, 0.3) is 0 Å². The molecule has 0 aliphatic carbocycles. The van der Waals surface area contributed by atoms with Crippen LogP contribution in [0.5, 0.6) is 0 Å². The first-order chi connectivity index (χ1) is 6.74. The van der Waals surface area contributed by atoms with E-state index in [0.717, 1.165) is 18.8 Å². The van der Waals surface area contributed by atoms with Gasteiger partial charge in [-0.3, -0.25) is 4.98 Å². The van der Waals surface area contributed by atoms with Gasteiger partial charge in [0, 0.05) is 26.4 Å². The Kier molecular flexibility index (Phi) is 4.56. The molecule has 1 heterocycles. The molecule has 78 valence electrons. The zero-order valence-corrected chi connectivity index (χ0v) is 9.08.